The minimum absolute atomic E-state index is 0.164. The molecule has 0 fully saturated rings. The minimum atomic E-state index is -0.525. The van der Waals surface area contributed by atoms with Crippen LogP contribution in [0.4, 0.5) is 5.69 Å². The Labute approximate surface area is 98.5 Å². The number of benzene rings is 1. The Balaban J connectivity index is 2.26. The third-order valence-corrected chi connectivity index (χ3v) is 4.18. The Morgan fingerprint density at radius 1 is 1.31 bits per heavy atom. The van der Waals surface area contributed by atoms with Crippen LogP contribution in [0.25, 0.3) is 0 Å². The highest BCUT2D eigenvalue weighted by molar-refractivity contribution is 8.17. The molecule has 2 nitrogen and oxygen atoms in total. The molecule has 1 atom stereocenters. The fourth-order valence-corrected chi connectivity index (χ4v) is 3.32. The summed E-state index contributed by atoms with van der Waals surface area (Å²) < 4.78 is 0. The number of carbonyl (C=O) groups excluding carboxylic acids is 1. The van der Waals surface area contributed by atoms with Gasteiger partial charge in [-0.25, -0.2) is 4.99 Å². The van der Waals surface area contributed by atoms with Gasteiger partial charge in [0.05, 0.1) is 16.1 Å². The molecule has 3 rings (SSSR count). The largest absolute Gasteiger partial charge is 0.293 e. The summed E-state index contributed by atoms with van der Waals surface area (Å²) in [6, 6.07) is 7.56. The van der Waals surface area contributed by atoms with Crippen molar-refractivity contribution in [2.75, 3.05) is 0 Å². The molecule has 0 amide bonds. The minimum Gasteiger partial charge on any atom is -0.293 e. The molecule has 80 valence electrons. The van der Waals surface area contributed by atoms with Gasteiger partial charge in [0.15, 0.2) is 5.78 Å². The standard InChI is InChI=1S/C13H11NOS/c1-8-7-13(2)11(15)9-5-3-4-6-10(9)14-12(13)16-8/h3-7H,1-2H3. The summed E-state index contributed by atoms with van der Waals surface area (Å²) in [5.74, 6) is 0.164. The van der Waals surface area contributed by atoms with Crippen molar-refractivity contribution in [1.82, 2.24) is 0 Å². The van der Waals surface area contributed by atoms with Crippen LogP contribution in [-0.2, 0) is 0 Å². The molecule has 16 heavy (non-hydrogen) atoms. The zero-order chi connectivity index (χ0) is 11.3. The Kier molecular flexibility index (Phi) is 1.89. The van der Waals surface area contributed by atoms with Crippen molar-refractivity contribution in [2.24, 2.45) is 10.4 Å². The maximum Gasteiger partial charge on any atom is 0.181 e. The maximum atomic E-state index is 12.4. The molecule has 2 aliphatic heterocycles. The molecule has 0 spiro atoms. The summed E-state index contributed by atoms with van der Waals surface area (Å²) in [6.45, 7) is 3.97. The number of thioether (sulfide) groups is 1. The number of carbonyl (C=O) groups is 1. The van der Waals surface area contributed by atoms with E-state index < -0.39 is 5.41 Å². The zero-order valence-electron chi connectivity index (χ0n) is 9.15. The normalized spacial score (nSPS) is 27.0. The van der Waals surface area contributed by atoms with Gasteiger partial charge in [0.25, 0.3) is 0 Å². The Hall–Kier alpha value is -1.35. The third-order valence-electron chi connectivity index (χ3n) is 3.04. The van der Waals surface area contributed by atoms with Crippen LogP contribution < -0.4 is 0 Å². The second-order valence-electron chi connectivity index (χ2n) is 4.32. The van der Waals surface area contributed by atoms with E-state index in [1.54, 1.807) is 11.8 Å². The first-order chi connectivity index (χ1) is 7.61. The second kappa shape index (κ2) is 3.08. The molecule has 0 aliphatic carbocycles. The van der Waals surface area contributed by atoms with Gasteiger partial charge in [-0.15, -0.1) is 0 Å². The van der Waals surface area contributed by atoms with Crippen molar-refractivity contribution < 1.29 is 4.79 Å². The van der Waals surface area contributed by atoms with Gasteiger partial charge in [-0.2, -0.15) is 0 Å². The van der Waals surface area contributed by atoms with Crippen molar-refractivity contribution >= 4 is 28.3 Å². The number of Topliss-reactive ketones (excluding diaryl/α,β-unsaturated/α-hetero) is 1. The quantitative estimate of drug-likeness (QED) is 0.680. The lowest BCUT2D eigenvalue weighted by Gasteiger charge is -2.26. The van der Waals surface area contributed by atoms with Crippen LogP contribution in [0, 0.1) is 5.41 Å². The molecule has 1 aromatic rings. The van der Waals surface area contributed by atoms with Crippen molar-refractivity contribution in [3.05, 3.63) is 40.8 Å². The summed E-state index contributed by atoms with van der Waals surface area (Å²) >= 11 is 1.61. The lowest BCUT2D eigenvalue weighted by molar-refractivity contribution is 0.0921. The number of hydrogen-bond donors (Lipinski definition) is 0. The molecule has 1 unspecified atom stereocenters. The molecular weight excluding hydrogens is 218 g/mol. The first kappa shape index (κ1) is 9.85. The number of fused-ring (bicyclic) bond motifs is 2. The van der Waals surface area contributed by atoms with Gasteiger partial charge in [0, 0.05) is 5.56 Å². The number of para-hydroxylation sites is 1. The molecule has 0 saturated carbocycles. The number of ketones is 1. The molecule has 3 heteroatoms. The molecule has 1 aromatic carbocycles. The van der Waals surface area contributed by atoms with Crippen LogP contribution in [0.15, 0.2) is 40.2 Å². The van der Waals surface area contributed by atoms with E-state index in [1.807, 2.05) is 44.2 Å². The van der Waals surface area contributed by atoms with Gasteiger partial charge < -0.3 is 0 Å². The predicted octanol–water partition coefficient (Wildman–Crippen LogP) is 3.57. The maximum absolute atomic E-state index is 12.4. The molecule has 2 heterocycles. The van der Waals surface area contributed by atoms with Crippen LogP contribution in [-0.4, -0.2) is 10.8 Å². The molecule has 0 N–H and O–H groups in total. The lowest BCUT2D eigenvalue weighted by atomic mass is 9.80. The average molecular weight is 229 g/mol. The molecule has 0 bridgehead atoms. The van der Waals surface area contributed by atoms with E-state index >= 15 is 0 Å². The van der Waals surface area contributed by atoms with E-state index in [0.29, 0.717) is 0 Å². The van der Waals surface area contributed by atoms with Gasteiger partial charge >= 0.3 is 0 Å². The van der Waals surface area contributed by atoms with E-state index in [9.17, 15) is 4.79 Å². The predicted molar refractivity (Wildman–Crippen MR) is 67.3 cm³/mol. The Morgan fingerprint density at radius 2 is 2.06 bits per heavy atom. The smallest absolute Gasteiger partial charge is 0.181 e. The number of aliphatic imine (C=N–C) groups is 1. The van der Waals surface area contributed by atoms with Crippen LogP contribution in [0.2, 0.25) is 0 Å². The summed E-state index contributed by atoms with van der Waals surface area (Å²) in [5, 5.41) is 0.911. The first-order valence-electron chi connectivity index (χ1n) is 5.21. The first-order valence-corrected chi connectivity index (χ1v) is 6.03. The summed E-state index contributed by atoms with van der Waals surface area (Å²) in [7, 11) is 0. The highest BCUT2D eigenvalue weighted by atomic mass is 32.2. The van der Waals surface area contributed by atoms with Crippen molar-refractivity contribution in [3.63, 3.8) is 0 Å². The topological polar surface area (TPSA) is 29.4 Å². The van der Waals surface area contributed by atoms with Gasteiger partial charge in [-0.1, -0.05) is 30.0 Å². The summed E-state index contributed by atoms with van der Waals surface area (Å²) in [5.41, 5.74) is 1.01. The van der Waals surface area contributed by atoms with Crippen molar-refractivity contribution in [2.45, 2.75) is 13.8 Å². The van der Waals surface area contributed by atoms with Crippen molar-refractivity contribution in [1.29, 1.82) is 0 Å². The van der Waals surface area contributed by atoms with E-state index in [0.717, 1.165) is 21.2 Å². The number of hydrogen-bond acceptors (Lipinski definition) is 3. The SMILES string of the molecule is CC1=CC2(C)C(=O)c3ccccc3N=C2S1. The lowest BCUT2D eigenvalue weighted by Crippen LogP contribution is -2.33. The van der Waals surface area contributed by atoms with Gasteiger partial charge in [0.1, 0.15) is 0 Å². The summed E-state index contributed by atoms with van der Waals surface area (Å²) in [4.78, 5) is 18.2. The summed E-state index contributed by atoms with van der Waals surface area (Å²) in [6.07, 6.45) is 2.02. The van der Waals surface area contributed by atoms with Gasteiger partial charge in [0.2, 0.25) is 0 Å². The number of allylic oxidation sites excluding steroid dienone is 2. The molecular formula is C13H11NOS. The van der Waals surface area contributed by atoms with Crippen LogP contribution in [0.3, 0.4) is 0 Å². The van der Waals surface area contributed by atoms with E-state index in [4.69, 9.17) is 0 Å². The van der Waals surface area contributed by atoms with Crippen LogP contribution in [0.5, 0.6) is 0 Å². The van der Waals surface area contributed by atoms with Crippen LogP contribution >= 0.6 is 11.8 Å². The number of rotatable bonds is 0. The van der Waals surface area contributed by atoms with E-state index in [1.165, 1.54) is 0 Å². The fraction of sp³-hybridized carbons (Fsp3) is 0.231. The Morgan fingerprint density at radius 3 is 2.88 bits per heavy atom. The fourth-order valence-electron chi connectivity index (χ4n) is 2.21. The van der Waals surface area contributed by atoms with Gasteiger partial charge in [-0.3, -0.25) is 4.79 Å². The third kappa shape index (κ3) is 1.15. The Bertz CT molecular complexity index is 559. The second-order valence-corrected chi connectivity index (χ2v) is 5.56. The van der Waals surface area contributed by atoms with Crippen molar-refractivity contribution in [3.8, 4) is 0 Å². The van der Waals surface area contributed by atoms with E-state index in [2.05, 4.69) is 4.99 Å². The highest BCUT2D eigenvalue weighted by Gasteiger charge is 2.45. The highest BCUT2D eigenvalue weighted by Crippen LogP contribution is 2.47. The molecule has 0 radical (unpaired) electrons. The molecule has 0 saturated heterocycles. The average Bonchev–Trinajstić information content (AvgIpc) is 2.55. The van der Waals surface area contributed by atoms with E-state index in [-0.39, 0.29) is 5.78 Å². The zero-order valence-corrected chi connectivity index (χ0v) is 9.97. The number of nitrogens with zero attached hydrogens (tertiary/aromatic N) is 1. The van der Waals surface area contributed by atoms with Gasteiger partial charge in [-0.05, 0) is 30.9 Å². The molecule has 2 aliphatic rings. The molecule has 0 aromatic heterocycles. The van der Waals surface area contributed by atoms with Crippen LogP contribution in [0.1, 0.15) is 24.2 Å². The monoisotopic (exact) mass is 229 g/mol.